The summed E-state index contributed by atoms with van der Waals surface area (Å²) in [5.41, 5.74) is 0.230. The second-order valence-electron chi connectivity index (χ2n) is 7.71. The van der Waals surface area contributed by atoms with Crippen molar-refractivity contribution < 1.29 is 0 Å². The molecule has 1 aliphatic rings. The van der Waals surface area contributed by atoms with Crippen LogP contribution in [0.1, 0.15) is 67.2 Å². The molecule has 0 bridgehead atoms. The molecular formula is C17H36N2. The Hall–Kier alpha value is -0.0800. The van der Waals surface area contributed by atoms with Gasteiger partial charge in [-0.3, -0.25) is 4.90 Å². The Bertz CT molecular complexity index is 234. The van der Waals surface area contributed by atoms with Crippen molar-refractivity contribution in [2.45, 2.75) is 78.8 Å². The molecule has 114 valence electrons. The van der Waals surface area contributed by atoms with Crippen LogP contribution in [0.3, 0.4) is 0 Å². The average Bonchev–Trinajstić information content (AvgIpc) is 2.30. The number of nitrogens with zero attached hydrogens (tertiary/aromatic N) is 1. The van der Waals surface area contributed by atoms with E-state index in [9.17, 15) is 0 Å². The molecule has 1 N–H and O–H groups in total. The molecule has 0 aromatic carbocycles. The van der Waals surface area contributed by atoms with Crippen LogP contribution in [-0.2, 0) is 0 Å². The lowest BCUT2D eigenvalue weighted by Crippen LogP contribution is -2.52. The molecule has 1 fully saturated rings. The smallest absolute Gasteiger partial charge is 0.0243 e. The molecule has 1 aliphatic heterocycles. The summed E-state index contributed by atoms with van der Waals surface area (Å²) in [4.78, 5) is 2.73. The molecule has 0 saturated carbocycles. The quantitative estimate of drug-likeness (QED) is 0.785. The van der Waals surface area contributed by atoms with Crippen molar-refractivity contribution in [3.63, 3.8) is 0 Å². The second kappa shape index (κ2) is 7.64. The Balaban J connectivity index is 2.45. The van der Waals surface area contributed by atoms with Crippen LogP contribution in [0.5, 0.6) is 0 Å². The van der Waals surface area contributed by atoms with Gasteiger partial charge in [0.2, 0.25) is 0 Å². The Morgan fingerprint density at radius 2 is 1.74 bits per heavy atom. The zero-order valence-corrected chi connectivity index (χ0v) is 14.1. The van der Waals surface area contributed by atoms with Gasteiger partial charge < -0.3 is 5.32 Å². The minimum absolute atomic E-state index is 0.230. The third-order valence-electron chi connectivity index (χ3n) is 4.43. The van der Waals surface area contributed by atoms with Crippen molar-refractivity contribution in [3.05, 3.63) is 0 Å². The van der Waals surface area contributed by atoms with Gasteiger partial charge >= 0.3 is 0 Å². The highest BCUT2D eigenvalue weighted by atomic mass is 15.2. The van der Waals surface area contributed by atoms with Crippen molar-refractivity contribution in [2.75, 3.05) is 19.6 Å². The van der Waals surface area contributed by atoms with E-state index in [0.29, 0.717) is 6.04 Å². The zero-order valence-electron chi connectivity index (χ0n) is 14.1. The zero-order chi connectivity index (χ0) is 14.5. The summed E-state index contributed by atoms with van der Waals surface area (Å²) in [5.74, 6) is 1.72. The van der Waals surface area contributed by atoms with Crippen LogP contribution in [0.15, 0.2) is 0 Å². The molecule has 0 amide bonds. The fourth-order valence-electron chi connectivity index (χ4n) is 3.18. The lowest BCUT2D eigenvalue weighted by atomic mass is 9.90. The first-order valence-corrected chi connectivity index (χ1v) is 8.32. The van der Waals surface area contributed by atoms with Gasteiger partial charge in [-0.1, -0.05) is 33.6 Å². The summed E-state index contributed by atoms with van der Waals surface area (Å²) in [6.07, 6.45) is 5.60. The first-order valence-electron chi connectivity index (χ1n) is 8.32. The van der Waals surface area contributed by atoms with Crippen LogP contribution < -0.4 is 5.32 Å². The Morgan fingerprint density at radius 1 is 1.16 bits per heavy atom. The van der Waals surface area contributed by atoms with Gasteiger partial charge in [0.1, 0.15) is 0 Å². The van der Waals surface area contributed by atoms with E-state index in [2.05, 4.69) is 51.8 Å². The van der Waals surface area contributed by atoms with E-state index in [1.807, 2.05) is 0 Å². The van der Waals surface area contributed by atoms with Gasteiger partial charge in [0.05, 0.1) is 0 Å². The van der Waals surface area contributed by atoms with Gasteiger partial charge in [-0.25, -0.2) is 0 Å². The van der Waals surface area contributed by atoms with E-state index >= 15 is 0 Å². The molecule has 1 rings (SSSR count). The van der Waals surface area contributed by atoms with E-state index in [1.165, 1.54) is 38.8 Å². The lowest BCUT2D eigenvalue weighted by Gasteiger charge is -2.40. The van der Waals surface area contributed by atoms with E-state index in [4.69, 9.17) is 0 Å². The first-order chi connectivity index (χ1) is 8.83. The van der Waals surface area contributed by atoms with Crippen molar-refractivity contribution >= 4 is 0 Å². The van der Waals surface area contributed by atoms with E-state index < -0.39 is 0 Å². The van der Waals surface area contributed by atoms with Crippen LogP contribution >= 0.6 is 0 Å². The lowest BCUT2D eigenvalue weighted by molar-refractivity contribution is 0.0957. The highest BCUT2D eigenvalue weighted by molar-refractivity contribution is 4.84. The van der Waals surface area contributed by atoms with Crippen molar-refractivity contribution in [1.29, 1.82) is 0 Å². The fraction of sp³-hybridized carbons (Fsp3) is 1.00. The third-order valence-corrected chi connectivity index (χ3v) is 4.43. The van der Waals surface area contributed by atoms with Crippen LogP contribution in [0.25, 0.3) is 0 Å². The maximum atomic E-state index is 3.70. The molecule has 0 radical (unpaired) electrons. The minimum Gasteiger partial charge on any atom is -0.311 e. The fourth-order valence-corrected chi connectivity index (χ4v) is 3.18. The van der Waals surface area contributed by atoms with Gasteiger partial charge in [-0.05, 0) is 58.5 Å². The summed E-state index contributed by atoms with van der Waals surface area (Å²) in [7, 11) is 0. The summed E-state index contributed by atoms with van der Waals surface area (Å²) >= 11 is 0. The van der Waals surface area contributed by atoms with Crippen LogP contribution in [0.2, 0.25) is 0 Å². The molecule has 2 heteroatoms. The Labute approximate surface area is 121 Å². The molecule has 2 nitrogen and oxygen atoms in total. The highest BCUT2D eigenvalue weighted by Gasteiger charge is 2.27. The monoisotopic (exact) mass is 268 g/mol. The third kappa shape index (κ3) is 6.27. The Kier molecular flexibility index (Phi) is 6.82. The second-order valence-corrected chi connectivity index (χ2v) is 7.71. The summed E-state index contributed by atoms with van der Waals surface area (Å²) in [6, 6.07) is 0.696. The number of rotatable bonds is 6. The van der Waals surface area contributed by atoms with E-state index in [-0.39, 0.29) is 5.54 Å². The van der Waals surface area contributed by atoms with Gasteiger partial charge in [-0.15, -0.1) is 0 Å². The number of nitrogens with one attached hydrogen (secondary N) is 1. The minimum atomic E-state index is 0.230. The Morgan fingerprint density at radius 3 is 2.16 bits per heavy atom. The first kappa shape index (κ1) is 17.0. The van der Waals surface area contributed by atoms with Crippen molar-refractivity contribution in [2.24, 2.45) is 11.8 Å². The van der Waals surface area contributed by atoms with Crippen molar-refractivity contribution in [1.82, 2.24) is 10.2 Å². The maximum Gasteiger partial charge on any atom is 0.0243 e. The summed E-state index contributed by atoms with van der Waals surface area (Å²) < 4.78 is 0. The maximum absolute atomic E-state index is 3.70. The van der Waals surface area contributed by atoms with Crippen LogP contribution in [0.4, 0.5) is 0 Å². The topological polar surface area (TPSA) is 15.3 Å². The molecule has 0 spiro atoms. The molecule has 0 aliphatic carbocycles. The predicted octanol–water partition coefficient (Wildman–Crippen LogP) is 3.91. The van der Waals surface area contributed by atoms with Crippen LogP contribution in [-0.4, -0.2) is 36.1 Å². The highest BCUT2D eigenvalue weighted by Crippen LogP contribution is 2.25. The average molecular weight is 268 g/mol. The standard InChI is InChI=1S/C17H36N2/c1-7-8-15-9-11-19(12-10-15)16(14(2)3)13-18-17(4,5)6/h14-16,18H,7-13H2,1-6H3. The number of likely N-dealkylation sites (tertiary alicyclic amines) is 1. The summed E-state index contributed by atoms with van der Waals surface area (Å²) in [6.45, 7) is 17.6. The number of hydrogen-bond donors (Lipinski definition) is 1. The molecule has 1 unspecified atom stereocenters. The molecule has 0 aromatic rings. The number of hydrogen-bond acceptors (Lipinski definition) is 2. The largest absolute Gasteiger partial charge is 0.311 e. The van der Waals surface area contributed by atoms with Gasteiger partial charge in [0.15, 0.2) is 0 Å². The van der Waals surface area contributed by atoms with Crippen LogP contribution in [0, 0.1) is 11.8 Å². The molecule has 19 heavy (non-hydrogen) atoms. The predicted molar refractivity (Wildman–Crippen MR) is 85.6 cm³/mol. The molecule has 0 aromatic heterocycles. The number of piperidine rings is 1. The van der Waals surface area contributed by atoms with E-state index in [1.54, 1.807) is 0 Å². The van der Waals surface area contributed by atoms with Gasteiger partial charge in [-0.2, -0.15) is 0 Å². The normalized spacial score (nSPS) is 21.0. The SMILES string of the molecule is CCCC1CCN(C(CNC(C)(C)C)C(C)C)CC1. The summed E-state index contributed by atoms with van der Waals surface area (Å²) in [5, 5.41) is 3.70. The van der Waals surface area contributed by atoms with E-state index in [0.717, 1.165) is 18.4 Å². The van der Waals surface area contributed by atoms with Gasteiger partial charge in [0.25, 0.3) is 0 Å². The molecule has 1 saturated heterocycles. The molecular weight excluding hydrogens is 232 g/mol. The van der Waals surface area contributed by atoms with Crippen molar-refractivity contribution in [3.8, 4) is 0 Å². The van der Waals surface area contributed by atoms with Gasteiger partial charge in [0, 0.05) is 18.1 Å². The molecule has 1 heterocycles. The molecule has 1 atom stereocenters.